The van der Waals surface area contributed by atoms with Gasteiger partial charge in [0.25, 0.3) is 5.91 Å². The van der Waals surface area contributed by atoms with Crippen LogP contribution in [0.25, 0.3) is 0 Å². The number of furan rings is 1. The Kier molecular flexibility index (Phi) is 5.71. The summed E-state index contributed by atoms with van der Waals surface area (Å²) in [5, 5.41) is 2.60. The van der Waals surface area contributed by atoms with E-state index in [-0.39, 0.29) is 10.7 Å². The predicted molar refractivity (Wildman–Crippen MR) is 74.5 cm³/mol. The second-order valence-corrected chi connectivity index (χ2v) is 4.59. The highest BCUT2D eigenvalue weighted by atomic mass is 35.5. The molecule has 0 saturated heterocycles. The smallest absolute Gasteiger partial charge is 0.254 e. The van der Waals surface area contributed by atoms with Crippen molar-refractivity contribution in [3.63, 3.8) is 0 Å². The van der Waals surface area contributed by atoms with E-state index in [0.29, 0.717) is 26.2 Å². The van der Waals surface area contributed by atoms with Crippen LogP contribution >= 0.6 is 11.6 Å². The Bertz CT molecular complexity index is 590. The van der Waals surface area contributed by atoms with Crippen molar-refractivity contribution < 1.29 is 18.3 Å². The third kappa shape index (κ3) is 4.84. The minimum atomic E-state index is -0.605. The van der Waals surface area contributed by atoms with Crippen molar-refractivity contribution in [1.29, 1.82) is 0 Å². The van der Waals surface area contributed by atoms with Crippen LogP contribution in [0.1, 0.15) is 22.5 Å². The summed E-state index contributed by atoms with van der Waals surface area (Å²) < 4.78 is 23.5. The third-order valence-electron chi connectivity index (χ3n) is 2.63. The van der Waals surface area contributed by atoms with Crippen molar-refractivity contribution in [3.8, 4) is 0 Å². The lowest BCUT2D eigenvalue weighted by Gasteiger charge is -2.06. The molecule has 0 unspecified atom stereocenters. The molecule has 7 heteroatoms. The van der Waals surface area contributed by atoms with Crippen LogP contribution in [-0.2, 0) is 11.3 Å². The lowest BCUT2D eigenvalue weighted by atomic mass is 10.2. The molecule has 1 amide bonds. The number of amides is 1. The third-order valence-corrected chi connectivity index (χ3v) is 2.93. The van der Waals surface area contributed by atoms with E-state index in [0.717, 1.165) is 18.0 Å². The molecule has 112 valence electrons. The average Bonchev–Trinajstić information content (AvgIpc) is 2.98. The number of pyridine rings is 1. The molecule has 2 aromatic rings. The second-order valence-electron chi connectivity index (χ2n) is 4.23. The zero-order valence-electron chi connectivity index (χ0n) is 11.1. The highest BCUT2D eigenvalue weighted by Gasteiger charge is 2.11. The monoisotopic (exact) mass is 312 g/mol. The molecule has 0 saturated carbocycles. The number of halogens is 2. The molecule has 0 fully saturated rings. The predicted octanol–water partition coefficient (Wildman–Crippen LogP) is 2.80. The van der Waals surface area contributed by atoms with E-state index < -0.39 is 11.7 Å². The molecule has 2 heterocycles. The first-order valence-electron chi connectivity index (χ1n) is 6.36. The largest absolute Gasteiger partial charge is 0.467 e. The van der Waals surface area contributed by atoms with Gasteiger partial charge in [0.15, 0.2) is 0 Å². The summed E-state index contributed by atoms with van der Waals surface area (Å²) in [6, 6.07) is 4.66. The van der Waals surface area contributed by atoms with Crippen LogP contribution in [0.2, 0.25) is 5.15 Å². The van der Waals surface area contributed by atoms with Crippen LogP contribution in [0.5, 0.6) is 0 Å². The highest BCUT2D eigenvalue weighted by Crippen LogP contribution is 2.13. The van der Waals surface area contributed by atoms with Crippen LogP contribution in [0.4, 0.5) is 4.39 Å². The fourth-order valence-electron chi connectivity index (χ4n) is 1.62. The topological polar surface area (TPSA) is 64.4 Å². The van der Waals surface area contributed by atoms with E-state index in [1.807, 2.05) is 6.07 Å². The van der Waals surface area contributed by atoms with Crippen molar-refractivity contribution >= 4 is 17.5 Å². The summed E-state index contributed by atoms with van der Waals surface area (Å²) in [6.07, 6.45) is 3.16. The Hall–Kier alpha value is -1.92. The van der Waals surface area contributed by atoms with Crippen molar-refractivity contribution in [2.75, 3.05) is 13.2 Å². The number of carbonyl (C=O) groups excluding carboxylic acids is 1. The van der Waals surface area contributed by atoms with Crippen molar-refractivity contribution in [2.24, 2.45) is 0 Å². The fourth-order valence-corrected chi connectivity index (χ4v) is 1.81. The lowest BCUT2D eigenvalue weighted by Crippen LogP contribution is -2.25. The summed E-state index contributed by atoms with van der Waals surface area (Å²) in [5.74, 6) is -0.319. The minimum Gasteiger partial charge on any atom is -0.467 e. The van der Waals surface area contributed by atoms with Crippen LogP contribution in [0.15, 0.2) is 35.1 Å². The van der Waals surface area contributed by atoms with Gasteiger partial charge in [0, 0.05) is 13.2 Å². The van der Waals surface area contributed by atoms with Gasteiger partial charge in [-0.25, -0.2) is 9.37 Å². The minimum absolute atomic E-state index is 0.0215. The number of ether oxygens (including phenoxy) is 1. The first-order chi connectivity index (χ1) is 10.2. The summed E-state index contributed by atoms with van der Waals surface area (Å²) in [4.78, 5) is 15.4. The van der Waals surface area contributed by atoms with Crippen LogP contribution in [0.3, 0.4) is 0 Å². The Morgan fingerprint density at radius 1 is 1.52 bits per heavy atom. The maximum absolute atomic E-state index is 13.0. The number of carbonyl (C=O) groups is 1. The van der Waals surface area contributed by atoms with Crippen molar-refractivity contribution in [2.45, 2.75) is 13.0 Å². The maximum atomic E-state index is 13.0. The molecule has 0 atom stereocenters. The van der Waals surface area contributed by atoms with E-state index >= 15 is 0 Å². The first-order valence-corrected chi connectivity index (χ1v) is 6.74. The first kappa shape index (κ1) is 15.5. The van der Waals surface area contributed by atoms with Gasteiger partial charge >= 0.3 is 0 Å². The van der Waals surface area contributed by atoms with Crippen LogP contribution in [0, 0.1) is 5.82 Å². The number of aromatic nitrogens is 1. The van der Waals surface area contributed by atoms with Crippen LogP contribution in [-0.4, -0.2) is 24.0 Å². The summed E-state index contributed by atoms with van der Waals surface area (Å²) in [6.45, 7) is 1.25. The summed E-state index contributed by atoms with van der Waals surface area (Å²) in [7, 11) is 0. The van der Waals surface area contributed by atoms with Gasteiger partial charge in [-0.15, -0.1) is 0 Å². The summed E-state index contributed by atoms with van der Waals surface area (Å²) >= 11 is 5.74. The Morgan fingerprint density at radius 3 is 3.14 bits per heavy atom. The Balaban J connectivity index is 1.66. The summed E-state index contributed by atoms with van der Waals surface area (Å²) in [5.41, 5.74) is 0.0215. The molecule has 2 rings (SSSR count). The van der Waals surface area contributed by atoms with Gasteiger partial charge in [0.05, 0.1) is 18.0 Å². The number of rotatable bonds is 7. The van der Waals surface area contributed by atoms with Gasteiger partial charge in [-0.3, -0.25) is 4.79 Å². The average molecular weight is 313 g/mol. The molecule has 0 aliphatic heterocycles. The molecule has 0 aliphatic carbocycles. The molecular formula is C14H14ClFN2O3. The molecular weight excluding hydrogens is 299 g/mol. The Labute approximate surface area is 126 Å². The van der Waals surface area contributed by atoms with E-state index in [4.69, 9.17) is 20.8 Å². The van der Waals surface area contributed by atoms with Gasteiger partial charge < -0.3 is 14.5 Å². The normalized spacial score (nSPS) is 10.6. The van der Waals surface area contributed by atoms with E-state index in [2.05, 4.69) is 10.3 Å². The molecule has 0 spiro atoms. The second kappa shape index (κ2) is 7.75. The van der Waals surface area contributed by atoms with Crippen molar-refractivity contribution in [1.82, 2.24) is 10.3 Å². The molecule has 0 bridgehead atoms. The van der Waals surface area contributed by atoms with Crippen molar-refractivity contribution in [3.05, 3.63) is 53.0 Å². The van der Waals surface area contributed by atoms with E-state index in [9.17, 15) is 9.18 Å². The highest BCUT2D eigenvalue weighted by molar-refractivity contribution is 6.32. The molecule has 0 radical (unpaired) electrons. The number of nitrogens with one attached hydrogen (secondary N) is 1. The molecule has 2 aromatic heterocycles. The van der Waals surface area contributed by atoms with Gasteiger partial charge in [0.1, 0.15) is 23.3 Å². The van der Waals surface area contributed by atoms with Gasteiger partial charge in [0.2, 0.25) is 0 Å². The number of nitrogens with zero attached hydrogens (tertiary/aromatic N) is 1. The molecule has 0 aliphatic rings. The number of hydrogen-bond donors (Lipinski definition) is 1. The molecule has 21 heavy (non-hydrogen) atoms. The quantitative estimate of drug-likeness (QED) is 0.631. The fraction of sp³-hybridized carbons (Fsp3) is 0.286. The maximum Gasteiger partial charge on any atom is 0.254 e. The SMILES string of the molecule is O=C(NCCCOCc1ccco1)c1cc(F)cnc1Cl. The standard InChI is InChI=1S/C14H14ClFN2O3/c15-13-12(7-10(16)8-18-13)14(19)17-4-2-5-20-9-11-3-1-6-21-11/h1,3,6-8H,2,4-5,9H2,(H,17,19). The van der Waals surface area contributed by atoms with Gasteiger partial charge in [-0.1, -0.05) is 11.6 Å². The van der Waals surface area contributed by atoms with Gasteiger partial charge in [-0.2, -0.15) is 0 Å². The molecule has 1 N–H and O–H groups in total. The van der Waals surface area contributed by atoms with Crippen LogP contribution < -0.4 is 5.32 Å². The molecule has 5 nitrogen and oxygen atoms in total. The zero-order chi connectivity index (χ0) is 15.1. The molecule has 0 aromatic carbocycles. The number of hydrogen-bond acceptors (Lipinski definition) is 4. The lowest BCUT2D eigenvalue weighted by molar-refractivity contribution is 0.0916. The zero-order valence-corrected chi connectivity index (χ0v) is 11.9. The van der Waals surface area contributed by atoms with E-state index in [1.165, 1.54) is 0 Å². The van der Waals surface area contributed by atoms with E-state index in [1.54, 1.807) is 12.3 Å². The van der Waals surface area contributed by atoms with Gasteiger partial charge in [-0.05, 0) is 24.6 Å². The Morgan fingerprint density at radius 2 is 2.38 bits per heavy atom.